The zero-order chi connectivity index (χ0) is 11.4. The van der Waals surface area contributed by atoms with Gasteiger partial charge in [0.05, 0.1) is 5.69 Å². The molecule has 0 spiro atoms. The van der Waals surface area contributed by atoms with Crippen LogP contribution in [0.25, 0.3) is 12.2 Å². The van der Waals surface area contributed by atoms with E-state index in [1.807, 2.05) is 19.1 Å². The largest absolute Gasteiger partial charge is 0.253 e. The average Bonchev–Trinajstić information content (AvgIpc) is 2.20. The van der Waals surface area contributed by atoms with Crippen LogP contribution in [-0.2, 0) is 0 Å². The molecule has 1 heterocycles. The summed E-state index contributed by atoms with van der Waals surface area (Å²) in [5.41, 5.74) is 4.52. The second-order valence-corrected chi connectivity index (χ2v) is 4.17. The maximum Gasteiger partial charge on any atom is 0.0699 e. The first-order valence-electron chi connectivity index (χ1n) is 5.33. The van der Waals surface area contributed by atoms with Crippen LogP contribution in [0.5, 0.6) is 0 Å². The van der Waals surface area contributed by atoms with E-state index in [9.17, 15) is 0 Å². The van der Waals surface area contributed by atoms with E-state index in [1.165, 1.54) is 5.57 Å². The van der Waals surface area contributed by atoms with Crippen molar-refractivity contribution in [3.05, 3.63) is 41.2 Å². The molecule has 1 rings (SSSR count). The predicted molar refractivity (Wildman–Crippen MR) is 67.6 cm³/mol. The van der Waals surface area contributed by atoms with E-state index in [0.29, 0.717) is 5.92 Å². The highest BCUT2D eigenvalue weighted by Gasteiger charge is 2.01. The molecule has 15 heavy (non-hydrogen) atoms. The number of hydrogen-bond acceptors (Lipinski definition) is 1. The quantitative estimate of drug-likeness (QED) is 0.717. The highest BCUT2D eigenvalue weighted by molar-refractivity contribution is 5.63. The lowest BCUT2D eigenvalue weighted by molar-refractivity contribution is 0.776. The fraction of sp³-hybridized carbons (Fsp3) is 0.357. The summed E-state index contributed by atoms with van der Waals surface area (Å²) >= 11 is 0. The van der Waals surface area contributed by atoms with Crippen molar-refractivity contribution in [2.24, 2.45) is 5.92 Å². The van der Waals surface area contributed by atoms with Gasteiger partial charge in [-0.05, 0) is 31.9 Å². The second-order valence-electron chi connectivity index (χ2n) is 4.17. The summed E-state index contributed by atoms with van der Waals surface area (Å²) < 4.78 is 0. The van der Waals surface area contributed by atoms with E-state index >= 15 is 0 Å². The van der Waals surface area contributed by atoms with Crippen LogP contribution in [0.1, 0.15) is 37.7 Å². The van der Waals surface area contributed by atoms with Crippen LogP contribution in [-0.4, -0.2) is 4.98 Å². The summed E-state index contributed by atoms with van der Waals surface area (Å²) in [5, 5.41) is 0. The monoisotopic (exact) mass is 201 g/mol. The fourth-order valence-corrected chi connectivity index (χ4v) is 1.29. The summed E-state index contributed by atoms with van der Waals surface area (Å²) in [5.74, 6) is 0.573. The van der Waals surface area contributed by atoms with Crippen LogP contribution in [0.15, 0.2) is 24.3 Å². The second kappa shape index (κ2) is 4.92. The third-order valence-corrected chi connectivity index (χ3v) is 2.58. The number of rotatable bonds is 3. The molecule has 80 valence electrons. The summed E-state index contributed by atoms with van der Waals surface area (Å²) in [6.45, 7) is 12.3. The van der Waals surface area contributed by atoms with Gasteiger partial charge in [-0.3, -0.25) is 4.98 Å². The minimum Gasteiger partial charge on any atom is -0.253 e. The number of aromatic nitrogens is 1. The van der Waals surface area contributed by atoms with Gasteiger partial charge in [0.2, 0.25) is 0 Å². The molecule has 0 aliphatic carbocycles. The molecule has 0 aliphatic heterocycles. The maximum atomic E-state index is 4.44. The summed E-state index contributed by atoms with van der Waals surface area (Å²) in [4.78, 5) is 4.44. The Bertz CT molecular complexity index is 386. The topological polar surface area (TPSA) is 12.9 Å². The van der Waals surface area contributed by atoms with Gasteiger partial charge in [-0.1, -0.05) is 38.1 Å². The Morgan fingerprint density at radius 2 is 2.07 bits per heavy atom. The Morgan fingerprint density at radius 3 is 2.60 bits per heavy atom. The van der Waals surface area contributed by atoms with Gasteiger partial charge in [-0.15, -0.1) is 0 Å². The highest BCUT2D eigenvalue weighted by Crippen LogP contribution is 2.17. The molecule has 1 aromatic heterocycles. The first-order chi connectivity index (χ1) is 7.04. The lowest BCUT2D eigenvalue weighted by Gasteiger charge is -2.07. The predicted octanol–water partition coefficient (Wildman–Crippen LogP) is 4.09. The van der Waals surface area contributed by atoms with Crippen molar-refractivity contribution in [1.82, 2.24) is 4.98 Å². The van der Waals surface area contributed by atoms with Gasteiger partial charge in [0, 0.05) is 11.3 Å². The zero-order valence-electron chi connectivity index (χ0n) is 10.0. The molecule has 1 aromatic rings. The number of pyridine rings is 1. The molecule has 0 amide bonds. The van der Waals surface area contributed by atoms with Crippen LogP contribution in [0.2, 0.25) is 0 Å². The number of nitrogens with zero attached hydrogens (tertiary/aromatic N) is 1. The summed E-state index contributed by atoms with van der Waals surface area (Å²) in [6, 6.07) is 4.14. The molecule has 0 atom stereocenters. The molecular formula is C14H19N. The normalized spacial score (nSPS) is 11.9. The molecule has 0 unspecified atom stereocenters. The van der Waals surface area contributed by atoms with Gasteiger partial charge in [-0.2, -0.15) is 0 Å². The van der Waals surface area contributed by atoms with Crippen molar-refractivity contribution in [3.8, 4) is 0 Å². The molecule has 0 N–H and O–H groups in total. The molecule has 0 saturated heterocycles. The molecule has 0 aromatic carbocycles. The number of aryl methyl sites for hydroxylation is 1. The van der Waals surface area contributed by atoms with Gasteiger partial charge < -0.3 is 0 Å². The highest BCUT2D eigenvalue weighted by atomic mass is 14.7. The Kier molecular flexibility index (Phi) is 3.84. The zero-order valence-corrected chi connectivity index (χ0v) is 10.0. The smallest absolute Gasteiger partial charge is 0.0699 e. The lowest BCUT2D eigenvalue weighted by Crippen LogP contribution is -1.93. The van der Waals surface area contributed by atoms with Crippen LogP contribution < -0.4 is 0 Å². The third-order valence-electron chi connectivity index (χ3n) is 2.58. The van der Waals surface area contributed by atoms with E-state index in [4.69, 9.17) is 0 Å². The molecule has 0 radical (unpaired) electrons. The van der Waals surface area contributed by atoms with E-state index in [-0.39, 0.29) is 0 Å². The molecular weight excluding hydrogens is 182 g/mol. The minimum absolute atomic E-state index is 0.573. The van der Waals surface area contributed by atoms with Crippen molar-refractivity contribution in [3.63, 3.8) is 0 Å². The van der Waals surface area contributed by atoms with Crippen LogP contribution in [0, 0.1) is 12.8 Å². The Balaban J connectivity index is 3.15. The van der Waals surface area contributed by atoms with Crippen molar-refractivity contribution >= 4 is 12.2 Å². The van der Waals surface area contributed by atoms with Crippen molar-refractivity contribution in [2.75, 3.05) is 0 Å². The third kappa shape index (κ3) is 3.05. The van der Waals surface area contributed by atoms with Gasteiger partial charge in [0.15, 0.2) is 0 Å². The molecule has 0 saturated carbocycles. The minimum atomic E-state index is 0.573. The fourth-order valence-electron chi connectivity index (χ4n) is 1.29. The molecule has 1 nitrogen and oxygen atoms in total. The van der Waals surface area contributed by atoms with Crippen LogP contribution in [0.4, 0.5) is 0 Å². The van der Waals surface area contributed by atoms with Crippen molar-refractivity contribution in [1.29, 1.82) is 0 Å². The van der Waals surface area contributed by atoms with Crippen LogP contribution in [0.3, 0.4) is 0 Å². The average molecular weight is 201 g/mol. The Morgan fingerprint density at radius 1 is 1.40 bits per heavy atom. The molecule has 0 fully saturated rings. The van der Waals surface area contributed by atoms with E-state index in [1.54, 1.807) is 0 Å². The van der Waals surface area contributed by atoms with Crippen molar-refractivity contribution < 1.29 is 0 Å². The van der Waals surface area contributed by atoms with Crippen LogP contribution >= 0.6 is 0 Å². The first-order valence-corrected chi connectivity index (χ1v) is 5.33. The summed E-state index contributed by atoms with van der Waals surface area (Å²) in [7, 11) is 0. The molecule has 1 heteroatoms. The van der Waals surface area contributed by atoms with E-state index in [2.05, 4.69) is 44.5 Å². The van der Waals surface area contributed by atoms with Gasteiger partial charge in [-0.25, -0.2) is 0 Å². The Hall–Kier alpha value is -1.37. The van der Waals surface area contributed by atoms with E-state index in [0.717, 1.165) is 17.0 Å². The van der Waals surface area contributed by atoms with Crippen molar-refractivity contribution in [2.45, 2.75) is 27.7 Å². The van der Waals surface area contributed by atoms with Gasteiger partial charge in [0.1, 0.15) is 0 Å². The standard InChI is InChI=1S/C14H19N/c1-6-14-13(8-7-12(5)15-14)9-11(4)10(2)3/h6-10H,1H2,2-5H3/b11-9-. The number of hydrogen-bond donors (Lipinski definition) is 0. The maximum absolute atomic E-state index is 4.44. The molecule has 0 bridgehead atoms. The number of allylic oxidation sites excluding steroid dienone is 1. The Labute approximate surface area is 92.6 Å². The van der Waals surface area contributed by atoms with E-state index < -0.39 is 0 Å². The lowest BCUT2D eigenvalue weighted by atomic mass is 10.0. The SMILES string of the molecule is C=Cc1nc(C)ccc1/C=C(/C)C(C)C. The molecule has 0 aliphatic rings. The van der Waals surface area contributed by atoms with Gasteiger partial charge >= 0.3 is 0 Å². The van der Waals surface area contributed by atoms with Gasteiger partial charge in [0.25, 0.3) is 0 Å². The first kappa shape index (κ1) is 11.7. The summed E-state index contributed by atoms with van der Waals surface area (Å²) in [6.07, 6.45) is 4.00.